The highest BCUT2D eigenvalue weighted by Crippen LogP contribution is 2.46. The van der Waals surface area contributed by atoms with E-state index in [1.54, 1.807) is 18.2 Å². The van der Waals surface area contributed by atoms with Crippen molar-refractivity contribution in [3.63, 3.8) is 0 Å². The molecule has 0 N–H and O–H groups in total. The van der Waals surface area contributed by atoms with E-state index in [9.17, 15) is 9.18 Å². The number of hydrogen-bond acceptors (Lipinski definition) is 1. The number of benzene rings is 1. The predicted molar refractivity (Wildman–Crippen MR) is 62.3 cm³/mol. The summed E-state index contributed by atoms with van der Waals surface area (Å²) in [5, 5.41) is -0.633. The van der Waals surface area contributed by atoms with Crippen molar-refractivity contribution in [3.05, 3.63) is 35.6 Å². The Morgan fingerprint density at radius 1 is 1.31 bits per heavy atom. The van der Waals surface area contributed by atoms with Crippen molar-refractivity contribution in [1.29, 1.82) is 0 Å². The third-order valence-corrected chi connectivity index (χ3v) is 4.07. The quantitative estimate of drug-likeness (QED) is 0.584. The topological polar surface area (TPSA) is 17.1 Å². The minimum atomic E-state index is -0.633. The summed E-state index contributed by atoms with van der Waals surface area (Å²) in [6, 6.07) is 6.64. The summed E-state index contributed by atoms with van der Waals surface area (Å²) in [6.07, 6.45) is 4.33. The molecule has 0 aliphatic heterocycles. The van der Waals surface area contributed by atoms with Gasteiger partial charge >= 0.3 is 0 Å². The van der Waals surface area contributed by atoms with Crippen LogP contribution in [0.15, 0.2) is 24.3 Å². The molecule has 0 amide bonds. The third kappa shape index (κ3) is 1.75. The van der Waals surface area contributed by atoms with E-state index in [1.165, 1.54) is 6.07 Å². The Balaban J connectivity index is 2.47. The average molecular weight is 241 g/mol. The molecule has 1 nitrogen and oxygen atoms in total. The number of carbonyl (C=O) groups is 1. The maximum atomic E-state index is 13.8. The van der Waals surface area contributed by atoms with Crippen LogP contribution in [0.5, 0.6) is 0 Å². The summed E-state index contributed by atoms with van der Waals surface area (Å²) in [5.41, 5.74) is 0.105. The largest absolute Gasteiger partial charge is 0.302 e. The van der Waals surface area contributed by atoms with Gasteiger partial charge in [-0.05, 0) is 24.5 Å². The summed E-state index contributed by atoms with van der Waals surface area (Å²) < 4.78 is 13.8. The summed E-state index contributed by atoms with van der Waals surface area (Å²) in [7, 11) is 0. The standard InChI is InChI=1S/C13H14ClFO/c14-12(9-16)13(7-3-4-8-13)10-5-1-2-6-11(10)15/h1-2,5-6,9,12H,3-4,7-8H2. The summed E-state index contributed by atoms with van der Waals surface area (Å²) in [5.74, 6) is -0.253. The zero-order valence-corrected chi connectivity index (χ0v) is 9.71. The fraction of sp³-hybridized carbons (Fsp3) is 0.462. The zero-order chi connectivity index (χ0) is 11.6. The lowest BCUT2D eigenvalue weighted by Crippen LogP contribution is -2.35. The second-order valence-electron chi connectivity index (χ2n) is 4.38. The third-order valence-electron chi connectivity index (χ3n) is 3.55. The summed E-state index contributed by atoms with van der Waals surface area (Å²) >= 11 is 6.10. The lowest BCUT2D eigenvalue weighted by atomic mass is 9.76. The van der Waals surface area contributed by atoms with Gasteiger partial charge in [-0.25, -0.2) is 4.39 Å². The van der Waals surface area contributed by atoms with Gasteiger partial charge in [0.25, 0.3) is 0 Å². The van der Waals surface area contributed by atoms with Crippen LogP contribution >= 0.6 is 11.6 Å². The monoisotopic (exact) mass is 240 g/mol. The van der Waals surface area contributed by atoms with E-state index in [0.29, 0.717) is 5.56 Å². The first kappa shape index (κ1) is 11.6. The molecule has 3 heteroatoms. The molecule has 1 atom stereocenters. The Labute approximate surface area is 99.6 Å². The van der Waals surface area contributed by atoms with Crippen LogP contribution in [-0.2, 0) is 10.2 Å². The Morgan fingerprint density at radius 3 is 2.50 bits per heavy atom. The summed E-state index contributed by atoms with van der Waals surface area (Å²) in [6.45, 7) is 0. The highest BCUT2D eigenvalue weighted by molar-refractivity contribution is 6.28. The van der Waals surface area contributed by atoms with E-state index in [0.717, 1.165) is 32.0 Å². The molecule has 86 valence electrons. The van der Waals surface area contributed by atoms with Crippen LogP contribution in [0, 0.1) is 5.82 Å². The molecule has 0 spiro atoms. The van der Waals surface area contributed by atoms with Crippen molar-refractivity contribution < 1.29 is 9.18 Å². The molecule has 2 rings (SSSR count). The van der Waals surface area contributed by atoms with Crippen LogP contribution in [0.2, 0.25) is 0 Å². The minimum absolute atomic E-state index is 0.253. The molecule has 1 unspecified atom stereocenters. The van der Waals surface area contributed by atoms with Gasteiger partial charge in [-0.2, -0.15) is 0 Å². The Hall–Kier alpha value is -0.890. The van der Waals surface area contributed by atoms with Crippen molar-refractivity contribution in [2.24, 2.45) is 0 Å². The molecule has 0 aromatic heterocycles. The molecular weight excluding hydrogens is 227 g/mol. The molecule has 1 aliphatic carbocycles. The van der Waals surface area contributed by atoms with Gasteiger partial charge in [0.1, 0.15) is 12.1 Å². The van der Waals surface area contributed by atoms with Gasteiger partial charge in [0.15, 0.2) is 0 Å². The number of carbonyl (C=O) groups excluding carboxylic acids is 1. The fourth-order valence-electron chi connectivity index (χ4n) is 2.69. The SMILES string of the molecule is O=CC(Cl)C1(c2ccccc2F)CCCC1. The van der Waals surface area contributed by atoms with Gasteiger partial charge in [0.2, 0.25) is 0 Å². The van der Waals surface area contributed by atoms with E-state index in [2.05, 4.69) is 0 Å². The van der Waals surface area contributed by atoms with E-state index in [-0.39, 0.29) is 5.82 Å². The Kier molecular flexibility index (Phi) is 3.29. The van der Waals surface area contributed by atoms with Crippen LogP contribution in [-0.4, -0.2) is 11.7 Å². The minimum Gasteiger partial charge on any atom is -0.302 e. The number of hydrogen-bond donors (Lipinski definition) is 0. The van der Waals surface area contributed by atoms with Gasteiger partial charge < -0.3 is 4.79 Å². The molecule has 0 radical (unpaired) electrons. The molecule has 1 fully saturated rings. The molecule has 1 saturated carbocycles. The summed E-state index contributed by atoms with van der Waals surface area (Å²) in [4.78, 5) is 10.9. The Morgan fingerprint density at radius 2 is 1.94 bits per heavy atom. The first-order valence-corrected chi connectivity index (χ1v) is 5.99. The normalized spacial score (nSPS) is 20.6. The molecule has 0 heterocycles. The first-order chi connectivity index (χ1) is 7.70. The van der Waals surface area contributed by atoms with Crippen LogP contribution in [0.1, 0.15) is 31.2 Å². The first-order valence-electron chi connectivity index (χ1n) is 5.55. The number of halogens is 2. The second kappa shape index (κ2) is 4.54. The molecule has 1 aromatic carbocycles. The van der Waals surface area contributed by atoms with Crippen molar-refractivity contribution in [3.8, 4) is 0 Å². The van der Waals surface area contributed by atoms with Gasteiger partial charge in [0.05, 0.1) is 5.38 Å². The second-order valence-corrected chi connectivity index (χ2v) is 4.85. The van der Waals surface area contributed by atoms with E-state index >= 15 is 0 Å². The van der Waals surface area contributed by atoms with E-state index in [4.69, 9.17) is 11.6 Å². The maximum absolute atomic E-state index is 13.8. The van der Waals surface area contributed by atoms with Crippen LogP contribution in [0.3, 0.4) is 0 Å². The van der Waals surface area contributed by atoms with E-state index < -0.39 is 10.8 Å². The van der Waals surface area contributed by atoms with Crippen molar-refractivity contribution in [1.82, 2.24) is 0 Å². The number of aldehydes is 1. The highest BCUT2D eigenvalue weighted by atomic mass is 35.5. The van der Waals surface area contributed by atoms with E-state index in [1.807, 2.05) is 0 Å². The fourth-order valence-corrected chi connectivity index (χ4v) is 3.03. The highest BCUT2D eigenvalue weighted by Gasteiger charge is 2.43. The molecular formula is C13H14ClFO. The smallest absolute Gasteiger partial charge is 0.138 e. The lowest BCUT2D eigenvalue weighted by molar-refractivity contribution is -0.108. The Bertz CT molecular complexity index is 385. The molecule has 1 aliphatic rings. The van der Waals surface area contributed by atoms with Crippen molar-refractivity contribution in [2.45, 2.75) is 36.5 Å². The maximum Gasteiger partial charge on any atom is 0.138 e. The van der Waals surface area contributed by atoms with Crippen molar-refractivity contribution >= 4 is 17.9 Å². The van der Waals surface area contributed by atoms with Gasteiger partial charge in [-0.3, -0.25) is 0 Å². The van der Waals surface area contributed by atoms with Crippen molar-refractivity contribution in [2.75, 3.05) is 0 Å². The van der Waals surface area contributed by atoms with Crippen LogP contribution < -0.4 is 0 Å². The van der Waals surface area contributed by atoms with Gasteiger partial charge in [-0.15, -0.1) is 11.6 Å². The van der Waals surface area contributed by atoms with Crippen LogP contribution in [0.25, 0.3) is 0 Å². The predicted octanol–water partition coefficient (Wildman–Crippen LogP) is 3.44. The molecule has 1 aromatic rings. The van der Waals surface area contributed by atoms with Gasteiger partial charge in [-0.1, -0.05) is 31.0 Å². The molecule has 0 bridgehead atoms. The number of alkyl halides is 1. The number of rotatable bonds is 3. The molecule has 0 saturated heterocycles. The lowest BCUT2D eigenvalue weighted by Gasteiger charge is -2.31. The van der Waals surface area contributed by atoms with Gasteiger partial charge in [0, 0.05) is 5.41 Å². The average Bonchev–Trinajstić information content (AvgIpc) is 2.79. The molecule has 16 heavy (non-hydrogen) atoms. The zero-order valence-electron chi connectivity index (χ0n) is 8.96. The van der Waals surface area contributed by atoms with Crippen LogP contribution in [0.4, 0.5) is 4.39 Å².